The third-order valence-electron chi connectivity index (χ3n) is 2.17. The van der Waals surface area contributed by atoms with Crippen molar-refractivity contribution >= 4 is 12.4 Å². The van der Waals surface area contributed by atoms with Crippen molar-refractivity contribution < 1.29 is 0 Å². The zero-order chi connectivity index (χ0) is 8.27. The van der Waals surface area contributed by atoms with Gasteiger partial charge in [0.25, 0.3) is 0 Å². The van der Waals surface area contributed by atoms with Crippen LogP contribution in [0.5, 0.6) is 0 Å². The predicted molar refractivity (Wildman–Crippen MR) is 55.2 cm³/mol. The van der Waals surface area contributed by atoms with E-state index in [1.807, 2.05) is 0 Å². The van der Waals surface area contributed by atoms with Gasteiger partial charge >= 0.3 is 0 Å². The molecule has 0 bridgehead atoms. The maximum absolute atomic E-state index is 2.38. The predicted octanol–water partition coefficient (Wildman–Crippen LogP) is 2.27. The van der Waals surface area contributed by atoms with Crippen molar-refractivity contribution in [3.63, 3.8) is 0 Å². The van der Waals surface area contributed by atoms with E-state index in [0.29, 0.717) is 6.04 Å². The second-order valence-corrected chi connectivity index (χ2v) is 3.35. The molecule has 0 radical (unpaired) electrons. The standard InChI is InChI=1S/C9H18N2.ClH/c1-4-5-9(2)11-7-6-10(3)8-11;/h6-7,9H,4-5,8H2,1-3H3;1H. The van der Waals surface area contributed by atoms with E-state index in [1.165, 1.54) is 12.8 Å². The van der Waals surface area contributed by atoms with Gasteiger partial charge in [-0.1, -0.05) is 13.3 Å². The summed E-state index contributed by atoms with van der Waals surface area (Å²) in [5.41, 5.74) is 0. The fourth-order valence-corrected chi connectivity index (χ4v) is 1.42. The van der Waals surface area contributed by atoms with Crippen molar-refractivity contribution in [1.82, 2.24) is 9.80 Å². The van der Waals surface area contributed by atoms with E-state index in [9.17, 15) is 0 Å². The molecule has 0 aliphatic carbocycles. The zero-order valence-electron chi connectivity index (χ0n) is 8.16. The summed E-state index contributed by atoms with van der Waals surface area (Å²) in [7, 11) is 2.11. The minimum absolute atomic E-state index is 0. The lowest BCUT2D eigenvalue weighted by Crippen LogP contribution is -2.30. The summed E-state index contributed by atoms with van der Waals surface area (Å²) in [6.07, 6.45) is 6.87. The molecule has 1 aliphatic rings. The number of hydrogen-bond donors (Lipinski definition) is 0. The van der Waals surface area contributed by atoms with Crippen molar-refractivity contribution in [2.24, 2.45) is 0 Å². The second kappa shape index (κ2) is 5.31. The number of hydrogen-bond acceptors (Lipinski definition) is 2. The van der Waals surface area contributed by atoms with Crippen LogP contribution in [0.25, 0.3) is 0 Å². The molecule has 12 heavy (non-hydrogen) atoms. The molecular weight excluding hydrogens is 172 g/mol. The highest BCUT2D eigenvalue weighted by Gasteiger charge is 2.13. The molecule has 1 atom stereocenters. The molecule has 72 valence electrons. The molecule has 1 unspecified atom stereocenters. The minimum Gasteiger partial charge on any atom is -0.362 e. The van der Waals surface area contributed by atoms with Crippen molar-refractivity contribution in [1.29, 1.82) is 0 Å². The van der Waals surface area contributed by atoms with Crippen LogP contribution in [0.3, 0.4) is 0 Å². The summed E-state index contributed by atoms with van der Waals surface area (Å²) >= 11 is 0. The lowest BCUT2D eigenvalue weighted by Gasteiger charge is -2.25. The van der Waals surface area contributed by atoms with E-state index in [1.54, 1.807) is 0 Å². The molecule has 0 amide bonds. The van der Waals surface area contributed by atoms with Crippen LogP contribution in [0.1, 0.15) is 26.7 Å². The Morgan fingerprint density at radius 1 is 1.42 bits per heavy atom. The van der Waals surface area contributed by atoms with E-state index in [2.05, 4.69) is 43.1 Å². The molecule has 3 heteroatoms. The molecule has 1 rings (SSSR count). The molecule has 2 nitrogen and oxygen atoms in total. The van der Waals surface area contributed by atoms with E-state index in [0.717, 1.165) is 6.67 Å². The molecule has 0 saturated heterocycles. The molecule has 0 N–H and O–H groups in total. The van der Waals surface area contributed by atoms with E-state index >= 15 is 0 Å². The van der Waals surface area contributed by atoms with Crippen LogP contribution in [0.15, 0.2) is 12.4 Å². The van der Waals surface area contributed by atoms with Gasteiger partial charge in [-0.25, -0.2) is 0 Å². The molecule has 0 saturated carbocycles. The first-order valence-corrected chi connectivity index (χ1v) is 4.38. The van der Waals surface area contributed by atoms with Crippen molar-refractivity contribution in [2.75, 3.05) is 13.7 Å². The van der Waals surface area contributed by atoms with E-state index in [-0.39, 0.29) is 12.4 Å². The van der Waals surface area contributed by atoms with Crippen LogP contribution in [-0.2, 0) is 0 Å². The van der Waals surface area contributed by atoms with Crippen LogP contribution in [0.4, 0.5) is 0 Å². The highest BCUT2D eigenvalue weighted by Crippen LogP contribution is 2.12. The minimum atomic E-state index is 0. The Kier molecular flexibility index (Phi) is 5.14. The van der Waals surface area contributed by atoms with Gasteiger partial charge in [-0.3, -0.25) is 0 Å². The van der Waals surface area contributed by atoms with Gasteiger partial charge in [-0.15, -0.1) is 12.4 Å². The quantitative estimate of drug-likeness (QED) is 0.674. The van der Waals surface area contributed by atoms with E-state index < -0.39 is 0 Å². The van der Waals surface area contributed by atoms with Crippen LogP contribution in [0, 0.1) is 0 Å². The Balaban J connectivity index is 0.00000121. The van der Waals surface area contributed by atoms with Crippen LogP contribution < -0.4 is 0 Å². The van der Waals surface area contributed by atoms with Gasteiger partial charge in [-0.2, -0.15) is 0 Å². The maximum Gasteiger partial charge on any atom is 0.0893 e. The maximum atomic E-state index is 2.38. The fraction of sp³-hybridized carbons (Fsp3) is 0.778. The van der Waals surface area contributed by atoms with Gasteiger partial charge in [0.1, 0.15) is 0 Å². The Hall–Kier alpha value is -0.370. The van der Waals surface area contributed by atoms with Gasteiger partial charge in [0, 0.05) is 25.5 Å². The van der Waals surface area contributed by atoms with Crippen LogP contribution >= 0.6 is 12.4 Å². The first-order valence-electron chi connectivity index (χ1n) is 4.38. The monoisotopic (exact) mass is 190 g/mol. The normalized spacial score (nSPS) is 17.9. The molecule has 1 aliphatic heterocycles. The molecule has 0 fully saturated rings. The average molecular weight is 191 g/mol. The summed E-state index contributed by atoms with van der Waals surface area (Å²) in [4.78, 5) is 4.58. The topological polar surface area (TPSA) is 6.48 Å². The first-order chi connectivity index (χ1) is 5.24. The zero-order valence-corrected chi connectivity index (χ0v) is 8.97. The highest BCUT2D eigenvalue weighted by molar-refractivity contribution is 5.85. The summed E-state index contributed by atoms with van der Waals surface area (Å²) in [5.74, 6) is 0. The second-order valence-electron chi connectivity index (χ2n) is 3.35. The summed E-state index contributed by atoms with van der Waals surface area (Å²) in [5, 5.41) is 0. The average Bonchev–Trinajstić information content (AvgIpc) is 2.36. The Morgan fingerprint density at radius 3 is 2.50 bits per heavy atom. The summed E-state index contributed by atoms with van der Waals surface area (Å²) in [6.45, 7) is 5.58. The molecular formula is C9H19ClN2. The van der Waals surface area contributed by atoms with Gasteiger partial charge in [-0.05, 0) is 13.3 Å². The van der Waals surface area contributed by atoms with Gasteiger partial charge in [0.05, 0.1) is 6.67 Å². The highest BCUT2D eigenvalue weighted by atomic mass is 35.5. The van der Waals surface area contributed by atoms with Crippen molar-refractivity contribution in [2.45, 2.75) is 32.7 Å². The van der Waals surface area contributed by atoms with Gasteiger partial charge in [0.2, 0.25) is 0 Å². The Morgan fingerprint density at radius 2 is 2.08 bits per heavy atom. The van der Waals surface area contributed by atoms with Crippen molar-refractivity contribution in [3.8, 4) is 0 Å². The third-order valence-corrected chi connectivity index (χ3v) is 2.17. The lowest BCUT2D eigenvalue weighted by atomic mass is 10.2. The first kappa shape index (κ1) is 11.6. The van der Waals surface area contributed by atoms with Gasteiger partial charge in [0.15, 0.2) is 0 Å². The smallest absolute Gasteiger partial charge is 0.0893 e. The number of rotatable bonds is 3. The SMILES string of the molecule is CCCC(C)N1C=CN(C)C1.Cl. The lowest BCUT2D eigenvalue weighted by molar-refractivity contribution is 0.232. The van der Waals surface area contributed by atoms with Crippen molar-refractivity contribution in [3.05, 3.63) is 12.4 Å². The summed E-state index contributed by atoms with van der Waals surface area (Å²) < 4.78 is 0. The molecule has 0 aromatic heterocycles. The molecule has 1 heterocycles. The largest absolute Gasteiger partial charge is 0.362 e. The molecule has 0 spiro atoms. The third kappa shape index (κ3) is 2.94. The van der Waals surface area contributed by atoms with E-state index in [4.69, 9.17) is 0 Å². The fourth-order valence-electron chi connectivity index (χ4n) is 1.42. The van der Waals surface area contributed by atoms with Crippen LogP contribution in [0.2, 0.25) is 0 Å². The Bertz CT molecular complexity index is 147. The number of halogens is 1. The molecule has 0 aromatic carbocycles. The van der Waals surface area contributed by atoms with Gasteiger partial charge < -0.3 is 9.80 Å². The summed E-state index contributed by atoms with van der Waals surface area (Å²) in [6, 6.07) is 0.696. The van der Waals surface area contributed by atoms with Crippen LogP contribution in [-0.4, -0.2) is 29.6 Å². The number of nitrogens with zero attached hydrogens (tertiary/aromatic N) is 2. The Labute approximate surface area is 81.6 Å². The molecule has 0 aromatic rings.